The van der Waals surface area contributed by atoms with Gasteiger partial charge < -0.3 is 24.8 Å². The molecule has 12 nitrogen and oxygen atoms in total. The number of carbonyl (C=O) groups is 4. The van der Waals surface area contributed by atoms with Crippen molar-refractivity contribution in [2.45, 2.75) is 12.5 Å². The summed E-state index contributed by atoms with van der Waals surface area (Å²) < 4.78 is 58.1. The average Bonchev–Trinajstić information content (AvgIpc) is 3.00. The molecule has 3 aromatic carbocycles. The summed E-state index contributed by atoms with van der Waals surface area (Å²) in [6.45, 7) is -0.571. The van der Waals surface area contributed by atoms with Crippen LogP contribution in [0.25, 0.3) is 0 Å². The second-order valence-corrected chi connectivity index (χ2v) is 12.4. The number of amides is 4. The Hall–Kier alpha value is -5.05. The van der Waals surface area contributed by atoms with Gasteiger partial charge in [0.2, 0.25) is 27.7 Å². The van der Waals surface area contributed by atoms with Gasteiger partial charge in [-0.05, 0) is 66.2 Å². The highest BCUT2D eigenvalue weighted by Gasteiger charge is 2.31. The molecule has 0 aliphatic carbocycles. The molecule has 1 aliphatic rings. The molecule has 244 valence electrons. The molecule has 0 radical (unpaired) electrons. The van der Waals surface area contributed by atoms with Gasteiger partial charge in [0.25, 0.3) is 5.91 Å². The van der Waals surface area contributed by atoms with E-state index < -0.39 is 57.9 Å². The van der Waals surface area contributed by atoms with Crippen LogP contribution in [0, 0.1) is 11.6 Å². The zero-order chi connectivity index (χ0) is 33.6. The summed E-state index contributed by atoms with van der Waals surface area (Å²) >= 11 is 0. The number of anilines is 2. The van der Waals surface area contributed by atoms with Crippen LogP contribution in [0.1, 0.15) is 15.9 Å². The minimum Gasteiger partial charge on any atom is -0.497 e. The van der Waals surface area contributed by atoms with Gasteiger partial charge in [-0.2, -0.15) is 0 Å². The molecule has 3 aromatic rings. The molecule has 0 spiro atoms. The molecule has 0 aromatic heterocycles. The van der Waals surface area contributed by atoms with E-state index in [0.717, 1.165) is 18.4 Å². The quantitative estimate of drug-likeness (QED) is 0.321. The molecule has 15 heteroatoms. The highest BCUT2D eigenvalue weighted by atomic mass is 32.2. The molecule has 1 saturated heterocycles. The fraction of sp³-hybridized carbons (Fsp3) is 0.290. The van der Waals surface area contributed by atoms with Gasteiger partial charge in [0, 0.05) is 49.6 Å². The molecule has 0 saturated carbocycles. The van der Waals surface area contributed by atoms with Gasteiger partial charge in [-0.1, -0.05) is 0 Å². The van der Waals surface area contributed by atoms with Crippen molar-refractivity contribution < 1.29 is 41.1 Å². The Balaban J connectivity index is 1.41. The smallest absolute Gasteiger partial charge is 0.254 e. The van der Waals surface area contributed by atoms with Crippen LogP contribution in [0.2, 0.25) is 0 Å². The molecule has 1 heterocycles. The molecule has 1 atom stereocenters. The first-order valence-corrected chi connectivity index (χ1v) is 15.9. The number of halogens is 2. The number of methoxy groups -OCH3 is 1. The molecule has 46 heavy (non-hydrogen) atoms. The topological polar surface area (TPSA) is 145 Å². The number of likely N-dealkylation sites (N-methyl/N-ethyl adjacent to an activating group) is 1. The lowest BCUT2D eigenvalue weighted by atomic mass is 10.0. The van der Waals surface area contributed by atoms with Crippen molar-refractivity contribution in [3.8, 4) is 5.75 Å². The number of hydrogen-bond donors (Lipinski definition) is 2. The van der Waals surface area contributed by atoms with Crippen LogP contribution in [-0.4, -0.2) is 94.5 Å². The van der Waals surface area contributed by atoms with Gasteiger partial charge in [0.1, 0.15) is 30.0 Å². The predicted molar refractivity (Wildman–Crippen MR) is 166 cm³/mol. The second-order valence-electron chi connectivity index (χ2n) is 10.7. The fourth-order valence-corrected chi connectivity index (χ4v) is 5.44. The van der Waals surface area contributed by atoms with Gasteiger partial charge in [-0.15, -0.1) is 0 Å². The lowest BCUT2D eigenvalue weighted by Crippen LogP contribution is -2.56. The normalized spacial score (nSPS) is 14.0. The monoisotopic (exact) mass is 657 g/mol. The molecular weight excluding hydrogens is 624 g/mol. The van der Waals surface area contributed by atoms with Crippen LogP contribution in [-0.2, 0) is 30.8 Å². The van der Waals surface area contributed by atoms with Crippen molar-refractivity contribution in [3.05, 3.63) is 89.5 Å². The summed E-state index contributed by atoms with van der Waals surface area (Å²) in [7, 11) is -0.501. The van der Waals surface area contributed by atoms with Crippen molar-refractivity contribution in [2.75, 3.05) is 56.2 Å². The van der Waals surface area contributed by atoms with Crippen LogP contribution in [0.5, 0.6) is 5.75 Å². The molecule has 0 bridgehead atoms. The molecule has 1 aliphatic heterocycles. The Morgan fingerprint density at radius 3 is 2.17 bits per heavy atom. The van der Waals surface area contributed by atoms with E-state index in [9.17, 15) is 36.4 Å². The van der Waals surface area contributed by atoms with E-state index in [0.29, 0.717) is 17.5 Å². The number of hydrogen-bond acceptors (Lipinski definition) is 7. The largest absolute Gasteiger partial charge is 0.497 e. The third kappa shape index (κ3) is 9.00. The van der Waals surface area contributed by atoms with Crippen LogP contribution in [0.4, 0.5) is 20.2 Å². The zero-order valence-corrected chi connectivity index (χ0v) is 26.1. The van der Waals surface area contributed by atoms with Crippen molar-refractivity contribution in [2.24, 2.45) is 0 Å². The van der Waals surface area contributed by atoms with E-state index in [-0.39, 0.29) is 42.9 Å². The second kappa shape index (κ2) is 14.4. The zero-order valence-electron chi connectivity index (χ0n) is 25.3. The Morgan fingerprint density at radius 1 is 0.978 bits per heavy atom. The van der Waals surface area contributed by atoms with E-state index in [2.05, 4.69) is 10.0 Å². The predicted octanol–water partition coefficient (Wildman–Crippen LogP) is 2.02. The number of piperazine rings is 1. The minimum atomic E-state index is -3.49. The van der Waals surface area contributed by atoms with Gasteiger partial charge in [-0.3, -0.25) is 23.9 Å². The summed E-state index contributed by atoms with van der Waals surface area (Å²) in [5.41, 5.74) is 1.14. The van der Waals surface area contributed by atoms with Crippen molar-refractivity contribution in [1.29, 1.82) is 0 Å². The number of carbonyl (C=O) groups excluding carboxylic acids is 4. The molecule has 1 fully saturated rings. The van der Waals surface area contributed by atoms with E-state index in [1.54, 1.807) is 24.3 Å². The Morgan fingerprint density at radius 2 is 1.61 bits per heavy atom. The van der Waals surface area contributed by atoms with Crippen LogP contribution in [0.15, 0.2) is 66.7 Å². The number of nitrogens with one attached hydrogen (secondary N) is 2. The van der Waals surface area contributed by atoms with Gasteiger partial charge in [0.05, 0.1) is 19.9 Å². The van der Waals surface area contributed by atoms with E-state index in [4.69, 9.17) is 4.74 Å². The number of benzene rings is 3. The maximum Gasteiger partial charge on any atom is 0.254 e. The summed E-state index contributed by atoms with van der Waals surface area (Å²) in [6.07, 6.45) is 0.774. The first kappa shape index (κ1) is 33.8. The molecule has 0 unspecified atom stereocenters. The minimum absolute atomic E-state index is 0.0329. The summed E-state index contributed by atoms with van der Waals surface area (Å²) in [5.74, 6) is -3.31. The first-order valence-electron chi connectivity index (χ1n) is 14.0. The van der Waals surface area contributed by atoms with Gasteiger partial charge >= 0.3 is 0 Å². The Labute approximate surface area is 265 Å². The maximum atomic E-state index is 13.9. The Kier molecular flexibility index (Phi) is 10.6. The van der Waals surface area contributed by atoms with E-state index in [1.807, 2.05) is 0 Å². The molecule has 4 rings (SSSR count). The first-order chi connectivity index (χ1) is 21.7. The van der Waals surface area contributed by atoms with Crippen molar-refractivity contribution in [1.82, 2.24) is 15.1 Å². The fourth-order valence-electron chi connectivity index (χ4n) is 4.87. The number of sulfonamides is 1. The summed E-state index contributed by atoms with van der Waals surface area (Å²) in [5, 5.41) is 2.60. The maximum absolute atomic E-state index is 13.9. The van der Waals surface area contributed by atoms with Crippen molar-refractivity contribution >= 4 is 45.0 Å². The lowest BCUT2D eigenvalue weighted by molar-refractivity contribution is -0.139. The Bertz CT molecular complexity index is 1700. The third-order valence-corrected chi connectivity index (χ3v) is 7.77. The van der Waals surface area contributed by atoms with Crippen LogP contribution < -0.4 is 19.7 Å². The van der Waals surface area contributed by atoms with Gasteiger partial charge in [-0.25, -0.2) is 17.2 Å². The average molecular weight is 658 g/mol. The van der Waals surface area contributed by atoms with Crippen molar-refractivity contribution in [3.63, 3.8) is 0 Å². The lowest BCUT2D eigenvalue weighted by Gasteiger charge is -2.34. The molecular formula is C31H33F2N5O7S. The van der Waals surface area contributed by atoms with Gasteiger partial charge in [0.15, 0.2) is 0 Å². The molecule has 4 amide bonds. The van der Waals surface area contributed by atoms with E-state index in [1.165, 1.54) is 53.1 Å². The SMILES string of the molecule is COc1ccc(N(C)C(=O)[C@H](Cc2cc(F)cc(F)c2)NC(=O)CN2CCN(C(=O)c3ccc(NS(C)(=O)=O)cc3)CC2=O)cc1. The van der Waals surface area contributed by atoms with Crippen LogP contribution >= 0.6 is 0 Å². The third-order valence-electron chi connectivity index (χ3n) is 7.16. The highest BCUT2D eigenvalue weighted by molar-refractivity contribution is 7.92. The standard InChI is InChI=1S/C31H33F2N5O7S/c1-36(25-8-10-26(45-2)11-9-25)31(42)27(16-20-14-22(32)17-23(33)15-20)34-28(39)18-37-12-13-38(19-29(37)40)30(41)21-4-6-24(7-5-21)35-46(3,43)44/h4-11,14-15,17,27,35H,12-13,16,18-19H2,1-3H3,(H,34,39)/t27-/m0/s1. The number of ether oxygens (including phenoxy) is 1. The highest BCUT2D eigenvalue weighted by Crippen LogP contribution is 2.20. The number of nitrogens with zero attached hydrogens (tertiary/aromatic N) is 3. The summed E-state index contributed by atoms with van der Waals surface area (Å²) in [6, 6.07) is 13.9. The summed E-state index contributed by atoms with van der Waals surface area (Å²) in [4.78, 5) is 56.4. The molecule has 2 N–H and O–H groups in total. The van der Waals surface area contributed by atoms with Crippen LogP contribution in [0.3, 0.4) is 0 Å². The van der Waals surface area contributed by atoms with E-state index >= 15 is 0 Å². The number of rotatable bonds is 11.